The zero-order valence-corrected chi connectivity index (χ0v) is 11.0. The molecule has 1 atom stereocenters. The highest BCUT2D eigenvalue weighted by molar-refractivity contribution is 6.40. The van der Waals surface area contributed by atoms with Gasteiger partial charge >= 0.3 is 0 Å². The Morgan fingerprint density at radius 3 is 2.21 bits per heavy atom. The largest absolute Gasteiger partial charge is 0.128 e. The number of hydrogen-bond donors (Lipinski definition) is 0. The van der Waals surface area contributed by atoms with Crippen LogP contribution < -0.4 is 0 Å². The fourth-order valence-corrected chi connectivity index (χ4v) is 1.68. The average Bonchev–Trinajstić information content (AvgIpc) is 2.24. The van der Waals surface area contributed by atoms with E-state index in [-0.39, 0.29) is 0 Å². The van der Waals surface area contributed by atoms with Gasteiger partial charge in [-0.3, -0.25) is 0 Å². The number of hydrogen-bond acceptors (Lipinski definition) is 0. The van der Waals surface area contributed by atoms with Gasteiger partial charge in [-0.25, -0.2) is 0 Å². The first-order chi connectivity index (χ1) is 6.49. The molecule has 0 aliphatic heterocycles. The van der Waals surface area contributed by atoms with E-state index >= 15 is 0 Å². The summed E-state index contributed by atoms with van der Waals surface area (Å²) in [6.07, 6.45) is 6.21. The van der Waals surface area contributed by atoms with Gasteiger partial charge in [0.05, 0.1) is 0 Å². The maximum atomic E-state index is 2.42. The van der Waals surface area contributed by atoms with Crippen molar-refractivity contribution in [3.63, 3.8) is 0 Å². The highest BCUT2D eigenvalue weighted by Crippen LogP contribution is 2.34. The highest BCUT2D eigenvalue weighted by atomic mass is 14.1. The first-order valence-electron chi connectivity index (χ1n) is 6.12. The summed E-state index contributed by atoms with van der Waals surface area (Å²) in [5.41, 5.74) is 1.54. The summed E-state index contributed by atoms with van der Waals surface area (Å²) in [4.78, 5) is 0. The molecule has 0 saturated heterocycles. The second-order valence-electron chi connectivity index (χ2n) is 4.99. The molecule has 82 valence electrons. The molecule has 0 saturated carbocycles. The zero-order chi connectivity index (χ0) is 11.2. The van der Waals surface area contributed by atoms with E-state index in [1.807, 2.05) is 0 Å². The summed E-state index contributed by atoms with van der Waals surface area (Å²) in [7, 11) is 1.37. The van der Waals surface area contributed by atoms with Crippen LogP contribution in [0.5, 0.6) is 0 Å². The summed E-state index contributed by atoms with van der Waals surface area (Å²) >= 11 is 0. The molecule has 0 spiro atoms. The lowest BCUT2D eigenvalue weighted by Crippen LogP contribution is -2.17. The molecule has 0 nitrogen and oxygen atoms in total. The fraction of sp³-hybridized carbons (Fsp3) is 0.846. The van der Waals surface area contributed by atoms with Gasteiger partial charge in [0, 0.05) is 0 Å². The van der Waals surface area contributed by atoms with Crippen LogP contribution in [0.1, 0.15) is 54.4 Å². The van der Waals surface area contributed by atoms with Gasteiger partial charge in [0.15, 0.2) is 0 Å². The van der Waals surface area contributed by atoms with Crippen molar-refractivity contribution in [1.29, 1.82) is 0 Å². The van der Waals surface area contributed by atoms with Crippen LogP contribution in [0, 0.1) is 5.92 Å². The Balaban J connectivity index is 4.04. The van der Waals surface area contributed by atoms with Gasteiger partial charge in [0.2, 0.25) is 0 Å². The molecule has 0 aromatic heterocycles. The van der Waals surface area contributed by atoms with Crippen molar-refractivity contribution >= 4 is 7.28 Å². The average molecular weight is 194 g/mol. The first-order valence-corrected chi connectivity index (χ1v) is 6.12. The third kappa shape index (κ3) is 4.35. The van der Waals surface area contributed by atoms with Gasteiger partial charge in [-0.05, 0) is 19.8 Å². The van der Waals surface area contributed by atoms with E-state index in [9.17, 15) is 0 Å². The molecule has 0 aromatic carbocycles. The van der Waals surface area contributed by atoms with E-state index in [1.165, 1.54) is 26.4 Å². The quantitative estimate of drug-likeness (QED) is 0.433. The van der Waals surface area contributed by atoms with Crippen molar-refractivity contribution in [3.05, 3.63) is 11.6 Å². The SMILES string of the molecule is C/C=C(\C)C(C)CBC(C)(CC)CC. The van der Waals surface area contributed by atoms with Gasteiger partial charge in [-0.1, -0.05) is 63.8 Å². The highest BCUT2D eigenvalue weighted by Gasteiger charge is 2.21. The number of rotatable bonds is 6. The third-order valence-electron chi connectivity index (χ3n) is 4.12. The van der Waals surface area contributed by atoms with Crippen molar-refractivity contribution in [2.24, 2.45) is 5.92 Å². The fourth-order valence-electron chi connectivity index (χ4n) is 1.68. The predicted molar refractivity (Wildman–Crippen MR) is 69.5 cm³/mol. The van der Waals surface area contributed by atoms with Crippen LogP contribution in [-0.2, 0) is 0 Å². The molecule has 1 heteroatoms. The topological polar surface area (TPSA) is 0 Å². The van der Waals surface area contributed by atoms with Gasteiger partial charge in [-0.15, -0.1) is 0 Å². The molecule has 0 N–H and O–H groups in total. The van der Waals surface area contributed by atoms with Crippen LogP contribution in [0.25, 0.3) is 0 Å². The van der Waals surface area contributed by atoms with Gasteiger partial charge in [0.25, 0.3) is 0 Å². The van der Waals surface area contributed by atoms with Crippen molar-refractivity contribution in [3.8, 4) is 0 Å². The van der Waals surface area contributed by atoms with E-state index in [2.05, 4.69) is 47.6 Å². The molecular weight excluding hydrogens is 167 g/mol. The third-order valence-corrected chi connectivity index (χ3v) is 4.12. The maximum Gasteiger partial charge on any atom is 0.128 e. The minimum absolute atomic E-state index is 0.572. The Morgan fingerprint density at radius 2 is 1.86 bits per heavy atom. The second-order valence-corrected chi connectivity index (χ2v) is 4.99. The molecular formula is C13H27B. The van der Waals surface area contributed by atoms with Crippen molar-refractivity contribution in [2.45, 2.75) is 66.0 Å². The van der Waals surface area contributed by atoms with Gasteiger partial charge < -0.3 is 0 Å². The maximum absolute atomic E-state index is 2.42. The minimum Gasteiger partial charge on any atom is -0.0885 e. The molecule has 0 bridgehead atoms. The normalized spacial score (nSPS) is 15.4. The zero-order valence-electron chi connectivity index (χ0n) is 11.0. The molecule has 0 heterocycles. The van der Waals surface area contributed by atoms with Crippen molar-refractivity contribution < 1.29 is 0 Å². The van der Waals surface area contributed by atoms with Crippen molar-refractivity contribution in [1.82, 2.24) is 0 Å². The van der Waals surface area contributed by atoms with Crippen LogP contribution in [0.2, 0.25) is 11.6 Å². The summed E-state index contributed by atoms with van der Waals surface area (Å²) in [5, 5.41) is 0.572. The lowest BCUT2D eigenvalue weighted by atomic mass is 9.47. The Bertz CT molecular complexity index is 178. The van der Waals surface area contributed by atoms with Crippen LogP contribution in [0.15, 0.2) is 11.6 Å². The van der Waals surface area contributed by atoms with Crippen LogP contribution >= 0.6 is 0 Å². The van der Waals surface area contributed by atoms with E-state index in [0.717, 1.165) is 5.92 Å². The Hall–Kier alpha value is -0.195. The van der Waals surface area contributed by atoms with E-state index in [0.29, 0.717) is 5.31 Å². The first kappa shape index (κ1) is 13.8. The van der Waals surface area contributed by atoms with Crippen LogP contribution in [0.3, 0.4) is 0 Å². The molecule has 0 radical (unpaired) electrons. The van der Waals surface area contributed by atoms with Crippen LogP contribution in [-0.4, -0.2) is 7.28 Å². The van der Waals surface area contributed by atoms with E-state index < -0.39 is 0 Å². The summed E-state index contributed by atoms with van der Waals surface area (Å²) in [6.45, 7) is 13.8. The summed E-state index contributed by atoms with van der Waals surface area (Å²) < 4.78 is 0. The number of allylic oxidation sites excluding steroid dienone is 2. The van der Waals surface area contributed by atoms with Crippen molar-refractivity contribution in [2.75, 3.05) is 0 Å². The molecule has 0 rings (SSSR count). The molecule has 0 aliphatic rings. The lowest BCUT2D eigenvalue weighted by Gasteiger charge is -2.27. The van der Waals surface area contributed by atoms with E-state index in [1.54, 1.807) is 5.57 Å². The van der Waals surface area contributed by atoms with Crippen LogP contribution in [0.4, 0.5) is 0 Å². The predicted octanol–water partition coefficient (Wildman–Crippen LogP) is 4.44. The molecule has 0 fully saturated rings. The summed E-state index contributed by atoms with van der Waals surface area (Å²) in [5.74, 6) is 0.762. The lowest BCUT2D eigenvalue weighted by molar-refractivity contribution is 0.554. The molecule has 0 amide bonds. The Morgan fingerprint density at radius 1 is 1.36 bits per heavy atom. The molecule has 0 aliphatic carbocycles. The van der Waals surface area contributed by atoms with Gasteiger partial charge in [-0.2, -0.15) is 0 Å². The molecule has 1 unspecified atom stereocenters. The Labute approximate surface area is 91.4 Å². The Kier molecular flexibility index (Phi) is 6.23. The standard InChI is InChI=1S/C13H27B/c1-7-11(4)12(5)10-14-13(6,8-2)9-3/h7,12,14H,8-10H2,1-6H3/b11-7+. The second kappa shape index (κ2) is 6.32. The molecule has 14 heavy (non-hydrogen) atoms. The smallest absolute Gasteiger partial charge is 0.0885 e. The van der Waals surface area contributed by atoms with E-state index in [4.69, 9.17) is 0 Å². The molecule has 0 aromatic rings. The minimum atomic E-state index is 0.572. The monoisotopic (exact) mass is 194 g/mol. The van der Waals surface area contributed by atoms with Gasteiger partial charge in [0.1, 0.15) is 7.28 Å². The summed E-state index contributed by atoms with van der Waals surface area (Å²) in [6, 6.07) is 0.